The van der Waals surface area contributed by atoms with E-state index in [4.69, 9.17) is 4.74 Å². The van der Waals surface area contributed by atoms with Crippen molar-refractivity contribution < 1.29 is 14.3 Å². The molecule has 2 aliphatic rings. The predicted octanol–water partition coefficient (Wildman–Crippen LogP) is 2.88. The van der Waals surface area contributed by atoms with Crippen LogP contribution in [0.1, 0.15) is 60.3 Å². The van der Waals surface area contributed by atoms with Crippen LogP contribution < -0.4 is 10.1 Å². The molecule has 2 amide bonds. The maximum atomic E-state index is 13.0. The minimum atomic E-state index is -0.180. The number of ether oxygens (including phenoxy) is 1. The molecule has 1 saturated heterocycles. The number of anilines is 1. The van der Waals surface area contributed by atoms with Crippen LogP contribution in [0.4, 0.5) is 5.69 Å². The van der Waals surface area contributed by atoms with Gasteiger partial charge < -0.3 is 15.0 Å². The summed E-state index contributed by atoms with van der Waals surface area (Å²) < 4.78 is 5.43. The van der Waals surface area contributed by atoms with Crippen molar-refractivity contribution in [3.8, 4) is 5.75 Å². The summed E-state index contributed by atoms with van der Waals surface area (Å²) >= 11 is 0. The summed E-state index contributed by atoms with van der Waals surface area (Å²) in [7, 11) is 0. The normalized spacial score (nSPS) is 19.4. The van der Waals surface area contributed by atoms with Gasteiger partial charge in [0.1, 0.15) is 5.75 Å². The number of benzene rings is 1. The molecule has 1 fully saturated rings. The lowest BCUT2D eigenvalue weighted by molar-refractivity contribution is -0.118. The summed E-state index contributed by atoms with van der Waals surface area (Å²) in [6, 6.07) is 7.31. The van der Waals surface area contributed by atoms with Crippen LogP contribution in [0.3, 0.4) is 0 Å². The molecule has 2 aromatic rings. The van der Waals surface area contributed by atoms with E-state index >= 15 is 0 Å². The SMILES string of the molecule is CC(C)c1cc(C2CCCN(C(=O)c3ccc4c(c3)OCC(=O)N4)C2)[nH]n1. The second-order valence-corrected chi connectivity index (χ2v) is 7.54. The third-order valence-electron chi connectivity index (χ3n) is 5.22. The third-order valence-corrected chi connectivity index (χ3v) is 5.22. The summed E-state index contributed by atoms with van der Waals surface area (Å²) in [5.74, 6) is 1.01. The summed E-state index contributed by atoms with van der Waals surface area (Å²) in [5, 5.41) is 10.3. The number of carbonyl (C=O) groups excluding carboxylic acids is 2. The Labute approximate surface area is 158 Å². The van der Waals surface area contributed by atoms with E-state index in [-0.39, 0.29) is 24.3 Å². The van der Waals surface area contributed by atoms with E-state index in [1.807, 2.05) is 4.90 Å². The lowest BCUT2D eigenvalue weighted by Gasteiger charge is -2.32. The number of aromatic amines is 1. The maximum Gasteiger partial charge on any atom is 0.262 e. The minimum absolute atomic E-state index is 0.00778. The first kappa shape index (κ1) is 17.6. The van der Waals surface area contributed by atoms with Gasteiger partial charge in [-0.15, -0.1) is 0 Å². The number of H-pyrrole nitrogens is 1. The number of carbonyl (C=O) groups is 2. The summed E-state index contributed by atoms with van der Waals surface area (Å²) in [5.41, 5.74) is 3.35. The Hall–Kier alpha value is -2.83. The lowest BCUT2D eigenvalue weighted by atomic mass is 9.93. The number of piperidine rings is 1. The number of nitrogens with zero attached hydrogens (tertiary/aromatic N) is 2. The molecule has 2 aliphatic heterocycles. The highest BCUT2D eigenvalue weighted by molar-refractivity contribution is 5.99. The molecule has 27 heavy (non-hydrogen) atoms. The zero-order valence-corrected chi connectivity index (χ0v) is 15.6. The van der Waals surface area contributed by atoms with Gasteiger partial charge in [0.15, 0.2) is 6.61 Å². The molecular formula is C20H24N4O3. The molecule has 4 rings (SSSR count). The van der Waals surface area contributed by atoms with Crippen molar-refractivity contribution in [1.29, 1.82) is 0 Å². The molecule has 0 radical (unpaired) electrons. The Balaban J connectivity index is 1.49. The maximum absolute atomic E-state index is 13.0. The van der Waals surface area contributed by atoms with Gasteiger partial charge in [0.05, 0.1) is 11.4 Å². The zero-order chi connectivity index (χ0) is 19.0. The van der Waals surface area contributed by atoms with Gasteiger partial charge in [0, 0.05) is 30.3 Å². The second-order valence-electron chi connectivity index (χ2n) is 7.54. The monoisotopic (exact) mass is 368 g/mol. The molecule has 1 atom stereocenters. The van der Waals surface area contributed by atoms with Crippen molar-refractivity contribution in [2.45, 2.75) is 38.5 Å². The predicted molar refractivity (Wildman–Crippen MR) is 101 cm³/mol. The topological polar surface area (TPSA) is 87.3 Å². The molecule has 7 nitrogen and oxygen atoms in total. The number of aromatic nitrogens is 2. The van der Waals surface area contributed by atoms with Crippen LogP contribution in [-0.4, -0.2) is 46.6 Å². The number of likely N-dealkylation sites (tertiary alicyclic amines) is 1. The Kier molecular flexibility index (Phi) is 4.59. The number of hydrogen-bond acceptors (Lipinski definition) is 4. The first-order valence-electron chi connectivity index (χ1n) is 9.42. The van der Waals surface area contributed by atoms with E-state index in [9.17, 15) is 9.59 Å². The largest absolute Gasteiger partial charge is 0.482 e. The number of nitrogens with one attached hydrogen (secondary N) is 2. The molecule has 1 aromatic heterocycles. The summed E-state index contributed by atoms with van der Waals surface area (Å²) in [6.45, 7) is 5.64. The van der Waals surface area contributed by atoms with Crippen molar-refractivity contribution in [2.75, 3.05) is 25.0 Å². The van der Waals surface area contributed by atoms with Gasteiger partial charge >= 0.3 is 0 Å². The smallest absolute Gasteiger partial charge is 0.262 e. The van der Waals surface area contributed by atoms with E-state index in [1.165, 1.54) is 0 Å². The van der Waals surface area contributed by atoms with E-state index in [0.717, 1.165) is 30.8 Å². The molecule has 1 aromatic carbocycles. The average molecular weight is 368 g/mol. The molecule has 3 heterocycles. The molecule has 0 aliphatic carbocycles. The number of amides is 2. The van der Waals surface area contributed by atoms with E-state index in [1.54, 1.807) is 18.2 Å². The summed E-state index contributed by atoms with van der Waals surface area (Å²) in [4.78, 5) is 26.3. The molecule has 2 N–H and O–H groups in total. The number of rotatable bonds is 3. The van der Waals surface area contributed by atoms with Crippen LogP contribution in [0.25, 0.3) is 0 Å². The number of fused-ring (bicyclic) bond motifs is 1. The third kappa shape index (κ3) is 3.54. The molecule has 0 spiro atoms. The first-order chi connectivity index (χ1) is 13.0. The van der Waals surface area contributed by atoms with Gasteiger partial charge in [-0.1, -0.05) is 13.8 Å². The zero-order valence-electron chi connectivity index (χ0n) is 15.6. The van der Waals surface area contributed by atoms with Crippen LogP contribution in [-0.2, 0) is 4.79 Å². The van der Waals surface area contributed by atoms with E-state index < -0.39 is 0 Å². The van der Waals surface area contributed by atoms with Crippen molar-refractivity contribution in [3.63, 3.8) is 0 Å². The Morgan fingerprint density at radius 1 is 1.33 bits per heavy atom. The molecule has 0 bridgehead atoms. The van der Waals surface area contributed by atoms with Crippen molar-refractivity contribution >= 4 is 17.5 Å². The van der Waals surface area contributed by atoms with Crippen LogP contribution in [0.15, 0.2) is 24.3 Å². The highest BCUT2D eigenvalue weighted by atomic mass is 16.5. The highest BCUT2D eigenvalue weighted by Gasteiger charge is 2.28. The summed E-state index contributed by atoms with van der Waals surface area (Å²) in [6.07, 6.45) is 2.01. The lowest BCUT2D eigenvalue weighted by Crippen LogP contribution is -2.39. The Morgan fingerprint density at radius 2 is 2.19 bits per heavy atom. The standard InChI is InChI=1S/C20H24N4O3/c1-12(2)16-9-17(23-22-16)14-4-3-7-24(10-14)20(26)13-5-6-15-18(8-13)27-11-19(25)21-15/h5-6,8-9,12,14H,3-4,7,10-11H2,1-2H3,(H,21,25)(H,22,23). The van der Waals surface area contributed by atoms with Gasteiger partial charge in [-0.25, -0.2) is 0 Å². The molecule has 1 unspecified atom stereocenters. The van der Waals surface area contributed by atoms with Gasteiger partial charge in [-0.3, -0.25) is 14.7 Å². The molecule has 7 heteroatoms. The average Bonchev–Trinajstić information content (AvgIpc) is 3.18. The fraction of sp³-hybridized carbons (Fsp3) is 0.450. The Morgan fingerprint density at radius 3 is 2.96 bits per heavy atom. The van der Waals surface area contributed by atoms with E-state index in [2.05, 4.69) is 35.4 Å². The fourth-order valence-corrected chi connectivity index (χ4v) is 3.66. The molecule has 0 saturated carbocycles. The molecule has 142 valence electrons. The van der Waals surface area contributed by atoms with Crippen LogP contribution >= 0.6 is 0 Å². The van der Waals surface area contributed by atoms with Crippen LogP contribution in [0, 0.1) is 0 Å². The van der Waals surface area contributed by atoms with Crippen LogP contribution in [0.2, 0.25) is 0 Å². The first-order valence-corrected chi connectivity index (χ1v) is 9.42. The second kappa shape index (κ2) is 7.06. The van der Waals surface area contributed by atoms with E-state index in [0.29, 0.717) is 29.5 Å². The van der Waals surface area contributed by atoms with Gasteiger partial charge in [-0.2, -0.15) is 5.10 Å². The van der Waals surface area contributed by atoms with Crippen LogP contribution in [0.5, 0.6) is 5.75 Å². The van der Waals surface area contributed by atoms with Crippen molar-refractivity contribution in [2.24, 2.45) is 0 Å². The number of hydrogen-bond donors (Lipinski definition) is 2. The quantitative estimate of drug-likeness (QED) is 0.872. The fourth-order valence-electron chi connectivity index (χ4n) is 3.66. The molecular weight excluding hydrogens is 344 g/mol. The highest BCUT2D eigenvalue weighted by Crippen LogP contribution is 2.31. The minimum Gasteiger partial charge on any atom is -0.482 e. The Bertz CT molecular complexity index is 874. The van der Waals surface area contributed by atoms with Gasteiger partial charge in [0.25, 0.3) is 11.8 Å². The van der Waals surface area contributed by atoms with Crippen molar-refractivity contribution in [1.82, 2.24) is 15.1 Å². The van der Waals surface area contributed by atoms with Gasteiger partial charge in [-0.05, 0) is 43.0 Å². The van der Waals surface area contributed by atoms with Crippen molar-refractivity contribution in [3.05, 3.63) is 41.2 Å². The van der Waals surface area contributed by atoms with Gasteiger partial charge in [0.2, 0.25) is 0 Å².